The lowest BCUT2D eigenvalue weighted by Crippen LogP contribution is -2.52. The Morgan fingerprint density at radius 1 is 1.25 bits per heavy atom. The zero-order chi connectivity index (χ0) is 18.3. The molecule has 2 unspecified atom stereocenters. The van der Waals surface area contributed by atoms with E-state index >= 15 is 0 Å². The molecule has 1 aromatic rings. The van der Waals surface area contributed by atoms with Crippen molar-refractivity contribution in [3.05, 3.63) is 35.9 Å². The van der Waals surface area contributed by atoms with Crippen LogP contribution in [-0.4, -0.2) is 40.7 Å². The summed E-state index contributed by atoms with van der Waals surface area (Å²) in [6.45, 7) is 6.93. The van der Waals surface area contributed by atoms with Gasteiger partial charge in [-0.1, -0.05) is 25.1 Å². The topological polar surface area (TPSA) is 112 Å². The molecule has 7 heteroatoms. The lowest BCUT2D eigenvalue weighted by Gasteiger charge is -2.26. The fraction of sp³-hybridized carbons (Fsp3) is 0.471. The predicted molar refractivity (Wildman–Crippen MR) is 91.1 cm³/mol. The SMILES string of the molecule is CCC(NC(=O)OC(C)(C)C)C(O)C(=N)NC(=O)c1ccccc1. The molecule has 2 atom stereocenters. The van der Waals surface area contributed by atoms with Crippen LogP contribution in [-0.2, 0) is 4.74 Å². The number of nitrogens with one attached hydrogen (secondary N) is 3. The zero-order valence-electron chi connectivity index (χ0n) is 14.4. The van der Waals surface area contributed by atoms with Crippen molar-refractivity contribution in [2.45, 2.75) is 51.9 Å². The van der Waals surface area contributed by atoms with Gasteiger partial charge in [0.15, 0.2) is 0 Å². The number of carbonyl (C=O) groups is 2. The van der Waals surface area contributed by atoms with Gasteiger partial charge in [0.05, 0.1) is 6.04 Å². The molecule has 0 spiro atoms. The van der Waals surface area contributed by atoms with Crippen LogP contribution < -0.4 is 10.6 Å². The Bertz CT molecular complexity index is 581. The maximum Gasteiger partial charge on any atom is 0.407 e. The fourth-order valence-electron chi connectivity index (χ4n) is 1.92. The molecule has 2 amide bonds. The van der Waals surface area contributed by atoms with Crippen molar-refractivity contribution < 1.29 is 19.4 Å². The van der Waals surface area contributed by atoms with Crippen molar-refractivity contribution in [2.24, 2.45) is 0 Å². The van der Waals surface area contributed by atoms with E-state index < -0.39 is 29.7 Å². The normalized spacial score (nSPS) is 13.5. The zero-order valence-corrected chi connectivity index (χ0v) is 14.4. The van der Waals surface area contributed by atoms with Crippen molar-refractivity contribution in [2.75, 3.05) is 0 Å². The molecule has 0 saturated carbocycles. The minimum absolute atomic E-state index is 0.365. The summed E-state index contributed by atoms with van der Waals surface area (Å²) < 4.78 is 5.13. The average Bonchev–Trinajstić information content (AvgIpc) is 2.50. The standard InChI is InChI=1S/C17H25N3O4/c1-5-12(19-16(23)24-17(2,3)4)13(21)14(18)20-15(22)11-9-7-6-8-10-11/h6-10,12-13,21H,5H2,1-4H3,(H,19,23)(H2,18,20,22). The Balaban J connectivity index is 2.64. The molecule has 1 rings (SSSR count). The number of aliphatic hydroxyl groups is 1. The first-order valence-electron chi connectivity index (χ1n) is 7.76. The number of amides is 2. The summed E-state index contributed by atoms with van der Waals surface area (Å²) in [5.41, 5.74) is -0.287. The number of aliphatic hydroxyl groups excluding tert-OH is 1. The predicted octanol–water partition coefficient (Wildman–Crippen LogP) is 2.06. The highest BCUT2D eigenvalue weighted by Gasteiger charge is 2.27. The van der Waals surface area contributed by atoms with Gasteiger partial charge in [-0.05, 0) is 39.3 Å². The van der Waals surface area contributed by atoms with E-state index in [1.165, 1.54) is 0 Å². The highest BCUT2D eigenvalue weighted by Crippen LogP contribution is 2.08. The summed E-state index contributed by atoms with van der Waals surface area (Å²) in [5, 5.41) is 22.9. The van der Waals surface area contributed by atoms with Gasteiger partial charge >= 0.3 is 6.09 Å². The average molecular weight is 335 g/mol. The molecule has 0 aliphatic carbocycles. The third-order valence-electron chi connectivity index (χ3n) is 3.10. The molecule has 0 aliphatic rings. The molecule has 7 nitrogen and oxygen atoms in total. The lowest BCUT2D eigenvalue weighted by molar-refractivity contribution is 0.0460. The molecule has 0 saturated heterocycles. The summed E-state index contributed by atoms with van der Waals surface area (Å²) in [4.78, 5) is 23.8. The maximum absolute atomic E-state index is 12.0. The summed E-state index contributed by atoms with van der Waals surface area (Å²) in [5.74, 6) is -0.876. The van der Waals surface area contributed by atoms with E-state index in [0.717, 1.165) is 0 Å². The number of ether oxygens (including phenoxy) is 1. The van der Waals surface area contributed by atoms with Crippen LogP contribution in [0.15, 0.2) is 30.3 Å². The van der Waals surface area contributed by atoms with E-state index in [1.54, 1.807) is 58.0 Å². The van der Waals surface area contributed by atoms with E-state index in [9.17, 15) is 14.7 Å². The summed E-state index contributed by atoms with van der Waals surface area (Å²) in [7, 11) is 0. The largest absolute Gasteiger partial charge is 0.444 e. The molecule has 0 heterocycles. The summed E-state index contributed by atoms with van der Waals surface area (Å²) >= 11 is 0. The quantitative estimate of drug-likeness (QED) is 0.487. The van der Waals surface area contributed by atoms with Gasteiger partial charge in [0.2, 0.25) is 0 Å². The molecule has 4 N–H and O–H groups in total. The minimum Gasteiger partial charge on any atom is -0.444 e. The van der Waals surface area contributed by atoms with Crippen LogP contribution in [0.3, 0.4) is 0 Å². The molecule has 24 heavy (non-hydrogen) atoms. The smallest absolute Gasteiger partial charge is 0.407 e. The van der Waals surface area contributed by atoms with E-state index in [-0.39, 0.29) is 5.84 Å². The van der Waals surface area contributed by atoms with Gasteiger partial charge in [-0.25, -0.2) is 4.79 Å². The third kappa shape index (κ3) is 6.37. The first kappa shape index (κ1) is 19.6. The van der Waals surface area contributed by atoms with E-state index in [4.69, 9.17) is 10.1 Å². The second-order valence-corrected chi connectivity index (χ2v) is 6.34. The number of hydrogen-bond acceptors (Lipinski definition) is 5. The fourth-order valence-corrected chi connectivity index (χ4v) is 1.92. The van der Waals surface area contributed by atoms with Crippen LogP contribution in [0.25, 0.3) is 0 Å². The molecule has 0 aliphatic heterocycles. The minimum atomic E-state index is -1.35. The Kier molecular flexibility index (Phi) is 6.91. The van der Waals surface area contributed by atoms with Crippen LogP contribution in [0.5, 0.6) is 0 Å². The Hall–Kier alpha value is -2.41. The number of rotatable bonds is 5. The summed E-state index contributed by atoms with van der Waals surface area (Å²) in [6, 6.07) is 7.64. The van der Waals surface area contributed by atoms with Gasteiger partial charge in [0.1, 0.15) is 17.5 Å². The van der Waals surface area contributed by atoms with E-state index in [1.807, 2.05) is 0 Å². The number of alkyl carbamates (subject to hydrolysis) is 1. The van der Waals surface area contributed by atoms with Crippen LogP contribution >= 0.6 is 0 Å². The van der Waals surface area contributed by atoms with Crippen molar-refractivity contribution in [3.8, 4) is 0 Å². The monoisotopic (exact) mass is 335 g/mol. The number of benzene rings is 1. The molecule has 132 valence electrons. The van der Waals surface area contributed by atoms with Crippen molar-refractivity contribution in [1.29, 1.82) is 5.41 Å². The van der Waals surface area contributed by atoms with Crippen LogP contribution in [0.4, 0.5) is 4.79 Å². The van der Waals surface area contributed by atoms with Gasteiger partial charge in [-0.15, -0.1) is 0 Å². The first-order chi connectivity index (χ1) is 11.1. The van der Waals surface area contributed by atoms with Gasteiger partial charge in [0, 0.05) is 5.56 Å². The molecule has 0 bridgehead atoms. The van der Waals surface area contributed by atoms with Gasteiger partial charge in [-0.3, -0.25) is 10.2 Å². The number of hydrogen-bond donors (Lipinski definition) is 4. The van der Waals surface area contributed by atoms with Crippen LogP contribution in [0.2, 0.25) is 0 Å². The molecular formula is C17H25N3O4. The van der Waals surface area contributed by atoms with Crippen molar-refractivity contribution in [1.82, 2.24) is 10.6 Å². The lowest BCUT2D eigenvalue weighted by atomic mass is 10.1. The van der Waals surface area contributed by atoms with Crippen molar-refractivity contribution >= 4 is 17.8 Å². The Morgan fingerprint density at radius 2 is 1.83 bits per heavy atom. The molecule has 0 radical (unpaired) electrons. The van der Waals surface area contributed by atoms with Gasteiger partial charge in [-0.2, -0.15) is 0 Å². The second-order valence-electron chi connectivity index (χ2n) is 6.34. The number of amidine groups is 1. The highest BCUT2D eigenvalue weighted by molar-refractivity contribution is 6.06. The van der Waals surface area contributed by atoms with Crippen LogP contribution in [0.1, 0.15) is 44.5 Å². The van der Waals surface area contributed by atoms with Crippen molar-refractivity contribution in [3.63, 3.8) is 0 Å². The third-order valence-corrected chi connectivity index (χ3v) is 3.10. The van der Waals surface area contributed by atoms with Gasteiger partial charge in [0.25, 0.3) is 5.91 Å². The molecule has 1 aromatic carbocycles. The molecular weight excluding hydrogens is 310 g/mol. The van der Waals surface area contributed by atoms with Gasteiger partial charge < -0.3 is 20.5 Å². The highest BCUT2D eigenvalue weighted by atomic mass is 16.6. The second kappa shape index (κ2) is 8.44. The van der Waals surface area contributed by atoms with E-state index in [2.05, 4.69) is 10.6 Å². The Morgan fingerprint density at radius 3 is 2.33 bits per heavy atom. The maximum atomic E-state index is 12.0. The molecule has 0 aromatic heterocycles. The first-order valence-corrected chi connectivity index (χ1v) is 7.76. The Labute approximate surface area is 141 Å². The number of carbonyl (C=O) groups excluding carboxylic acids is 2. The molecule has 0 fully saturated rings. The summed E-state index contributed by atoms with van der Waals surface area (Å²) in [6.07, 6.45) is -1.67. The van der Waals surface area contributed by atoms with Crippen LogP contribution in [0, 0.1) is 5.41 Å². The van der Waals surface area contributed by atoms with E-state index in [0.29, 0.717) is 12.0 Å².